The normalized spacial score (nSPS) is 12.9. The molecule has 0 aromatic heterocycles. The second-order valence-electron chi connectivity index (χ2n) is 17.2. The number of carbonyl (C=O) groups excluding carboxylic acids is 3. The van der Waals surface area contributed by atoms with Crippen LogP contribution in [-0.2, 0) is 28.6 Å². The lowest BCUT2D eigenvalue weighted by Gasteiger charge is -2.18. The van der Waals surface area contributed by atoms with E-state index < -0.39 is 6.10 Å². The minimum atomic E-state index is -0.800. The van der Waals surface area contributed by atoms with E-state index in [9.17, 15) is 14.4 Å². The summed E-state index contributed by atoms with van der Waals surface area (Å²) in [5.74, 6) is -0.951. The summed E-state index contributed by atoms with van der Waals surface area (Å²) in [5, 5.41) is 0. The maximum Gasteiger partial charge on any atom is 0.306 e. The first-order chi connectivity index (χ1) is 31.5. The lowest BCUT2D eigenvalue weighted by molar-refractivity contribution is -0.167. The highest BCUT2D eigenvalue weighted by Gasteiger charge is 2.19. The lowest BCUT2D eigenvalue weighted by Crippen LogP contribution is -2.30. The average Bonchev–Trinajstić information content (AvgIpc) is 3.29. The van der Waals surface area contributed by atoms with Crippen LogP contribution in [0.25, 0.3) is 0 Å². The van der Waals surface area contributed by atoms with Gasteiger partial charge in [-0.3, -0.25) is 14.4 Å². The van der Waals surface area contributed by atoms with Gasteiger partial charge >= 0.3 is 17.9 Å². The molecule has 0 aliphatic carbocycles. The molecule has 0 aromatic carbocycles. The van der Waals surface area contributed by atoms with E-state index in [1.165, 1.54) is 77.0 Å². The summed E-state index contributed by atoms with van der Waals surface area (Å²) in [4.78, 5) is 38.0. The van der Waals surface area contributed by atoms with E-state index in [1.807, 2.05) is 0 Å². The third kappa shape index (κ3) is 49.3. The lowest BCUT2D eigenvalue weighted by atomic mass is 10.1. The molecular formula is C58H96O6. The monoisotopic (exact) mass is 889 g/mol. The van der Waals surface area contributed by atoms with Crippen molar-refractivity contribution >= 4 is 17.9 Å². The largest absolute Gasteiger partial charge is 0.462 e. The van der Waals surface area contributed by atoms with Crippen molar-refractivity contribution < 1.29 is 28.6 Å². The molecule has 6 heteroatoms. The number of rotatable bonds is 46. The number of esters is 3. The molecule has 0 heterocycles. The third-order valence-corrected chi connectivity index (χ3v) is 10.9. The quantitative estimate of drug-likeness (QED) is 0.0199. The van der Waals surface area contributed by atoms with Crippen molar-refractivity contribution in [1.29, 1.82) is 0 Å². The molecule has 64 heavy (non-hydrogen) atoms. The summed E-state index contributed by atoms with van der Waals surface area (Å²) in [7, 11) is 0. The molecule has 1 unspecified atom stereocenters. The highest BCUT2D eigenvalue weighted by molar-refractivity contribution is 5.71. The van der Waals surface area contributed by atoms with Gasteiger partial charge < -0.3 is 14.2 Å². The molecule has 0 amide bonds. The van der Waals surface area contributed by atoms with Gasteiger partial charge in [0, 0.05) is 19.3 Å². The molecule has 364 valence electrons. The molecule has 0 radical (unpaired) electrons. The number of carbonyl (C=O) groups is 3. The van der Waals surface area contributed by atoms with Crippen LogP contribution in [-0.4, -0.2) is 37.2 Å². The molecular weight excluding hydrogens is 793 g/mol. The third-order valence-electron chi connectivity index (χ3n) is 10.9. The van der Waals surface area contributed by atoms with Gasteiger partial charge in [-0.05, 0) is 89.9 Å². The summed E-state index contributed by atoms with van der Waals surface area (Å²) in [6.07, 6.45) is 68.1. The number of unbranched alkanes of at least 4 members (excludes halogenated alkanes) is 24. The Morgan fingerprint density at radius 1 is 0.328 bits per heavy atom. The highest BCUT2D eigenvalue weighted by atomic mass is 16.6. The average molecular weight is 889 g/mol. The van der Waals surface area contributed by atoms with Crippen LogP contribution in [0, 0.1) is 0 Å². The number of hydrogen-bond donors (Lipinski definition) is 0. The Balaban J connectivity index is 4.48. The molecule has 0 aromatic rings. The van der Waals surface area contributed by atoms with E-state index in [2.05, 4.69) is 118 Å². The van der Waals surface area contributed by atoms with Gasteiger partial charge in [0.25, 0.3) is 0 Å². The molecule has 6 nitrogen and oxygen atoms in total. The second kappa shape index (κ2) is 52.0. The highest BCUT2D eigenvalue weighted by Crippen LogP contribution is 2.14. The van der Waals surface area contributed by atoms with Crippen molar-refractivity contribution in [3.05, 3.63) is 97.2 Å². The Hall–Kier alpha value is -3.67. The van der Waals surface area contributed by atoms with Crippen molar-refractivity contribution in [2.75, 3.05) is 13.2 Å². The van der Waals surface area contributed by atoms with Crippen LogP contribution in [0.4, 0.5) is 0 Å². The van der Waals surface area contributed by atoms with Crippen LogP contribution in [0.3, 0.4) is 0 Å². The van der Waals surface area contributed by atoms with Crippen LogP contribution < -0.4 is 0 Å². The minimum absolute atomic E-state index is 0.0993. The molecule has 0 spiro atoms. The molecule has 0 bridgehead atoms. The molecule has 0 aliphatic heterocycles. The maximum absolute atomic E-state index is 12.8. The van der Waals surface area contributed by atoms with E-state index in [0.29, 0.717) is 19.3 Å². The fourth-order valence-corrected chi connectivity index (χ4v) is 6.98. The van der Waals surface area contributed by atoms with E-state index >= 15 is 0 Å². The van der Waals surface area contributed by atoms with Gasteiger partial charge in [-0.2, -0.15) is 0 Å². The molecule has 0 N–H and O–H groups in total. The van der Waals surface area contributed by atoms with Crippen LogP contribution >= 0.6 is 0 Å². The van der Waals surface area contributed by atoms with Gasteiger partial charge in [-0.25, -0.2) is 0 Å². The Labute approximate surface area is 394 Å². The summed E-state index contributed by atoms with van der Waals surface area (Å²) in [5.41, 5.74) is 0. The first-order valence-electron chi connectivity index (χ1n) is 26.3. The molecule has 0 fully saturated rings. The van der Waals surface area contributed by atoms with Gasteiger partial charge in [0.05, 0.1) is 0 Å². The van der Waals surface area contributed by atoms with Crippen LogP contribution in [0.2, 0.25) is 0 Å². The minimum Gasteiger partial charge on any atom is -0.462 e. The van der Waals surface area contributed by atoms with E-state index in [0.717, 1.165) is 116 Å². The van der Waals surface area contributed by atoms with Crippen molar-refractivity contribution in [2.24, 2.45) is 0 Å². The fraction of sp³-hybridized carbons (Fsp3) is 0.672. The summed E-state index contributed by atoms with van der Waals surface area (Å²) in [6.45, 7) is 6.41. The van der Waals surface area contributed by atoms with Gasteiger partial charge in [-0.15, -0.1) is 0 Å². The summed E-state index contributed by atoms with van der Waals surface area (Å²) in [6, 6.07) is 0. The van der Waals surface area contributed by atoms with Gasteiger partial charge in [-0.1, -0.05) is 221 Å². The van der Waals surface area contributed by atoms with E-state index in [4.69, 9.17) is 14.2 Å². The zero-order valence-electron chi connectivity index (χ0n) is 41.5. The molecule has 0 saturated heterocycles. The Kier molecular flexibility index (Phi) is 49.0. The summed E-state index contributed by atoms with van der Waals surface area (Å²) >= 11 is 0. The smallest absolute Gasteiger partial charge is 0.306 e. The number of allylic oxidation sites excluding steroid dienone is 16. The standard InChI is InChI=1S/C58H96O6/c1-4-7-10-13-16-19-22-25-27-28-29-31-33-36-39-42-45-48-51-57(60)63-54-55(53-62-56(59)50-47-44-41-38-35-32-24-21-18-15-12-9-6-3)64-58(61)52-49-46-43-40-37-34-30-26-23-20-17-14-11-8-5-2/h8,11,14,16-17,19-20,22-23,25,27-29,31-32,35,55H,4-7,9-10,12-13,15,18,21,24,26,30,33-34,36-54H2,1-3H3/b11-8-,17-14-,19-16-,23-20-,25-22-,28-27-,31-29-,35-32-. The van der Waals surface area contributed by atoms with Gasteiger partial charge in [0.15, 0.2) is 6.10 Å². The van der Waals surface area contributed by atoms with Crippen LogP contribution in [0.5, 0.6) is 0 Å². The predicted octanol–water partition coefficient (Wildman–Crippen LogP) is 17.4. The first kappa shape index (κ1) is 60.3. The van der Waals surface area contributed by atoms with Crippen molar-refractivity contribution in [2.45, 2.75) is 239 Å². The predicted molar refractivity (Wildman–Crippen MR) is 274 cm³/mol. The van der Waals surface area contributed by atoms with Gasteiger partial charge in [0.1, 0.15) is 13.2 Å². The van der Waals surface area contributed by atoms with E-state index in [1.54, 1.807) is 0 Å². The Morgan fingerprint density at radius 3 is 1.05 bits per heavy atom. The van der Waals surface area contributed by atoms with Crippen LogP contribution in [0.15, 0.2) is 97.2 Å². The Bertz CT molecular complexity index is 1300. The van der Waals surface area contributed by atoms with Gasteiger partial charge in [0.2, 0.25) is 0 Å². The van der Waals surface area contributed by atoms with Crippen molar-refractivity contribution in [3.8, 4) is 0 Å². The van der Waals surface area contributed by atoms with E-state index in [-0.39, 0.29) is 31.1 Å². The van der Waals surface area contributed by atoms with Crippen molar-refractivity contribution in [1.82, 2.24) is 0 Å². The van der Waals surface area contributed by atoms with Crippen molar-refractivity contribution in [3.63, 3.8) is 0 Å². The Morgan fingerprint density at radius 2 is 0.625 bits per heavy atom. The molecule has 0 aliphatic rings. The zero-order chi connectivity index (χ0) is 46.5. The number of ether oxygens (including phenoxy) is 3. The first-order valence-corrected chi connectivity index (χ1v) is 26.3. The summed E-state index contributed by atoms with van der Waals surface area (Å²) < 4.78 is 16.8. The number of hydrogen-bond acceptors (Lipinski definition) is 6. The molecule has 1 atom stereocenters. The second-order valence-corrected chi connectivity index (χ2v) is 17.2. The van der Waals surface area contributed by atoms with Crippen LogP contribution in [0.1, 0.15) is 233 Å². The molecule has 0 rings (SSSR count). The fourth-order valence-electron chi connectivity index (χ4n) is 6.98. The SMILES string of the molecule is CC\C=C/C=C\C=C/CCCCCCCCCC(=O)OC(COC(=O)CCCCC/C=C\CCCCCCCC)COC(=O)CCCCCCC\C=C/C=C\C=C/C=C\CCCCC. The maximum atomic E-state index is 12.8. The molecule has 0 saturated carbocycles. The topological polar surface area (TPSA) is 78.9 Å². The zero-order valence-corrected chi connectivity index (χ0v) is 41.5.